The third kappa shape index (κ3) is 3.26. The number of nitrogens with zero attached hydrogens (tertiary/aromatic N) is 4. The minimum Gasteiger partial charge on any atom is -0.357 e. The van der Waals surface area contributed by atoms with Gasteiger partial charge in [-0.25, -0.2) is 10.8 Å². The monoisotopic (exact) mass is 284 g/mol. The number of likely N-dealkylation sites (tertiary alicyclic amines) is 1. The fraction of sp³-hybridized carbons (Fsp3) is 0.667. The Balaban J connectivity index is 2.08. The minimum atomic E-state index is 0.380. The molecule has 1 atom stereocenters. The number of aromatic nitrogens is 2. The van der Waals surface area contributed by atoms with E-state index in [-0.39, 0.29) is 0 Å². The average molecular weight is 285 g/mol. The second kappa shape index (κ2) is 6.36. The van der Waals surface area contributed by atoms with Gasteiger partial charge >= 0.3 is 0 Å². The van der Waals surface area contributed by atoms with Crippen molar-refractivity contribution in [2.45, 2.75) is 25.8 Å². The number of anilines is 2. The smallest absolute Gasteiger partial charge is 0.239 e. The van der Waals surface area contributed by atoms with Gasteiger partial charge in [-0.15, -0.1) is 0 Å². The van der Waals surface area contributed by atoms with Crippen LogP contribution in [0.2, 0.25) is 5.02 Å². The predicted molar refractivity (Wildman–Crippen MR) is 78.4 cm³/mol. The van der Waals surface area contributed by atoms with E-state index in [0.717, 1.165) is 13.1 Å². The Morgan fingerprint density at radius 1 is 1.63 bits per heavy atom. The van der Waals surface area contributed by atoms with Crippen LogP contribution < -0.4 is 16.2 Å². The quantitative estimate of drug-likeness (QED) is 0.628. The Labute approximate surface area is 118 Å². The van der Waals surface area contributed by atoms with E-state index in [4.69, 9.17) is 17.4 Å². The van der Waals surface area contributed by atoms with Crippen molar-refractivity contribution in [2.24, 2.45) is 5.84 Å². The number of nitrogen functional groups attached to an aromatic ring is 1. The van der Waals surface area contributed by atoms with E-state index in [2.05, 4.69) is 32.1 Å². The van der Waals surface area contributed by atoms with Gasteiger partial charge in [-0.1, -0.05) is 18.5 Å². The lowest BCUT2D eigenvalue weighted by atomic mass is 10.2. The normalized spacial score (nSPS) is 19.7. The molecule has 1 aromatic rings. The molecule has 0 amide bonds. The molecule has 7 heteroatoms. The first-order valence-corrected chi connectivity index (χ1v) is 6.97. The second-order valence-electron chi connectivity index (χ2n) is 4.81. The summed E-state index contributed by atoms with van der Waals surface area (Å²) in [7, 11) is 2.00. The van der Waals surface area contributed by atoms with Gasteiger partial charge in [0.15, 0.2) is 5.82 Å². The van der Waals surface area contributed by atoms with Crippen LogP contribution in [0.4, 0.5) is 11.8 Å². The van der Waals surface area contributed by atoms with Gasteiger partial charge in [0, 0.05) is 19.6 Å². The van der Waals surface area contributed by atoms with Gasteiger partial charge in [-0.2, -0.15) is 4.98 Å². The molecule has 1 aliphatic rings. The third-order valence-corrected chi connectivity index (χ3v) is 3.87. The van der Waals surface area contributed by atoms with E-state index < -0.39 is 0 Å². The number of hydrogen-bond acceptors (Lipinski definition) is 6. The molecule has 2 heterocycles. The van der Waals surface area contributed by atoms with Crippen molar-refractivity contribution in [1.82, 2.24) is 14.9 Å². The third-order valence-electron chi connectivity index (χ3n) is 3.61. The van der Waals surface area contributed by atoms with Gasteiger partial charge in [0.1, 0.15) is 5.02 Å². The van der Waals surface area contributed by atoms with Crippen molar-refractivity contribution in [3.05, 3.63) is 11.2 Å². The number of nitrogens with two attached hydrogens (primary N) is 1. The Bertz CT molecular complexity index is 427. The van der Waals surface area contributed by atoms with E-state index >= 15 is 0 Å². The van der Waals surface area contributed by atoms with E-state index in [1.807, 2.05) is 7.05 Å². The summed E-state index contributed by atoms with van der Waals surface area (Å²) in [5.41, 5.74) is 2.45. The van der Waals surface area contributed by atoms with Gasteiger partial charge in [-0.05, 0) is 25.9 Å². The fourth-order valence-electron chi connectivity index (χ4n) is 2.62. The Hall–Kier alpha value is -1.11. The maximum atomic E-state index is 6.15. The van der Waals surface area contributed by atoms with Crippen LogP contribution in [0.3, 0.4) is 0 Å². The molecule has 106 valence electrons. The standard InChI is InChI=1S/C12H21ClN6/c1-3-19-6-4-5-9(19)8-18(2)11-10(13)7-15-12(16-11)17-14/h7,9H,3-6,8,14H2,1-2H3,(H,15,16,17). The first-order valence-electron chi connectivity index (χ1n) is 6.60. The Kier molecular flexibility index (Phi) is 4.79. The SMILES string of the molecule is CCN1CCCC1CN(C)c1nc(NN)ncc1Cl. The number of halogens is 1. The van der Waals surface area contributed by atoms with Gasteiger partial charge in [-0.3, -0.25) is 10.3 Å². The summed E-state index contributed by atoms with van der Waals surface area (Å²) in [6.45, 7) is 5.38. The molecule has 3 N–H and O–H groups in total. The van der Waals surface area contributed by atoms with Crippen molar-refractivity contribution in [3.63, 3.8) is 0 Å². The Morgan fingerprint density at radius 2 is 2.42 bits per heavy atom. The molecule has 0 spiro atoms. The molecule has 1 saturated heterocycles. The summed E-state index contributed by atoms with van der Waals surface area (Å²) in [4.78, 5) is 12.9. The number of likely N-dealkylation sites (N-methyl/N-ethyl adjacent to an activating group) is 2. The molecular weight excluding hydrogens is 264 g/mol. The molecule has 0 saturated carbocycles. The van der Waals surface area contributed by atoms with E-state index in [0.29, 0.717) is 22.8 Å². The topological polar surface area (TPSA) is 70.3 Å². The van der Waals surface area contributed by atoms with E-state index in [9.17, 15) is 0 Å². The number of nitrogens with one attached hydrogen (secondary N) is 1. The van der Waals surface area contributed by atoms with Crippen LogP contribution in [0.5, 0.6) is 0 Å². The maximum Gasteiger partial charge on any atom is 0.239 e. The molecule has 1 aromatic heterocycles. The molecule has 19 heavy (non-hydrogen) atoms. The lowest BCUT2D eigenvalue weighted by Gasteiger charge is -2.28. The Morgan fingerprint density at radius 3 is 3.11 bits per heavy atom. The first-order chi connectivity index (χ1) is 9.15. The lowest BCUT2D eigenvalue weighted by molar-refractivity contribution is 0.270. The number of rotatable bonds is 5. The molecule has 0 aromatic carbocycles. The highest BCUT2D eigenvalue weighted by molar-refractivity contribution is 6.32. The zero-order valence-corrected chi connectivity index (χ0v) is 12.2. The summed E-state index contributed by atoms with van der Waals surface area (Å²) in [5.74, 6) is 6.43. The van der Waals surface area contributed by atoms with Crippen molar-refractivity contribution in [3.8, 4) is 0 Å². The number of hydrogen-bond donors (Lipinski definition) is 2. The second-order valence-corrected chi connectivity index (χ2v) is 5.22. The maximum absolute atomic E-state index is 6.15. The van der Waals surface area contributed by atoms with Gasteiger partial charge < -0.3 is 4.90 Å². The minimum absolute atomic E-state index is 0.380. The van der Waals surface area contributed by atoms with Crippen LogP contribution in [-0.2, 0) is 0 Å². The van der Waals surface area contributed by atoms with Crippen LogP contribution in [0.25, 0.3) is 0 Å². The van der Waals surface area contributed by atoms with Crippen LogP contribution >= 0.6 is 11.6 Å². The molecule has 6 nitrogen and oxygen atoms in total. The summed E-state index contributed by atoms with van der Waals surface area (Å²) in [6.07, 6.45) is 4.06. The van der Waals surface area contributed by atoms with Gasteiger partial charge in [0.05, 0.1) is 6.20 Å². The highest BCUT2D eigenvalue weighted by Crippen LogP contribution is 2.25. The molecular formula is C12H21ClN6. The predicted octanol–water partition coefficient (Wildman–Crippen LogP) is 1.34. The van der Waals surface area contributed by atoms with Crippen molar-refractivity contribution < 1.29 is 0 Å². The van der Waals surface area contributed by atoms with E-state index in [1.165, 1.54) is 19.4 Å². The van der Waals surface area contributed by atoms with Crippen LogP contribution in [-0.4, -0.2) is 47.6 Å². The molecule has 0 radical (unpaired) electrons. The molecule has 1 fully saturated rings. The molecule has 2 rings (SSSR count). The average Bonchev–Trinajstić information content (AvgIpc) is 2.86. The summed E-state index contributed by atoms with van der Waals surface area (Å²) in [6, 6.07) is 0.565. The largest absolute Gasteiger partial charge is 0.357 e. The zero-order chi connectivity index (χ0) is 13.8. The summed E-state index contributed by atoms with van der Waals surface area (Å²) >= 11 is 6.15. The highest BCUT2D eigenvalue weighted by Gasteiger charge is 2.25. The molecule has 1 aliphatic heterocycles. The van der Waals surface area contributed by atoms with Crippen LogP contribution in [0, 0.1) is 0 Å². The summed E-state index contributed by atoms with van der Waals surface area (Å²) < 4.78 is 0. The van der Waals surface area contributed by atoms with Crippen molar-refractivity contribution in [2.75, 3.05) is 37.0 Å². The molecule has 1 unspecified atom stereocenters. The molecule has 0 bridgehead atoms. The van der Waals surface area contributed by atoms with Crippen molar-refractivity contribution in [1.29, 1.82) is 0 Å². The first kappa shape index (κ1) is 14.3. The van der Waals surface area contributed by atoms with Crippen molar-refractivity contribution >= 4 is 23.4 Å². The summed E-state index contributed by atoms with van der Waals surface area (Å²) in [5, 5.41) is 0.544. The van der Waals surface area contributed by atoms with Crippen LogP contribution in [0.15, 0.2) is 6.20 Å². The highest BCUT2D eigenvalue weighted by atomic mass is 35.5. The zero-order valence-electron chi connectivity index (χ0n) is 11.4. The van der Waals surface area contributed by atoms with E-state index in [1.54, 1.807) is 6.20 Å². The van der Waals surface area contributed by atoms with Crippen LogP contribution in [0.1, 0.15) is 19.8 Å². The fourth-order valence-corrected chi connectivity index (χ4v) is 2.85. The molecule has 0 aliphatic carbocycles. The van der Waals surface area contributed by atoms with Gasteiger partial charge in [0.25, 0.3) is 0 Å². The number of hydrazine groups is 1. The van der Waals surface area contributed by atoms with Gasteiger partial charge in [0.2, 0.25) is 5.95 Å². The lowest BCUT2D eigenvalue weighted by Crippen LogP contribution is -2.39.